The van der Waals surface area contributed by atoms with Gasteiger partial charge in [0.1, 0.15) is 5.02 Å². The van der Waals surface area contributed by atoms with Crippen molar-refractivity contribution in [2.45, 2.75) is 26.3 Å². The summed E-state index contributed by atoms with van der Waals surface area (Å²) in [7, 11) is 0. The number of benzene rings is 1. The molecule has 0 radical (unpaired) electrons. The maximum absolute atomic E-state index is 12.6. The summed E-state index contributed by atoms with van der Waals surface area (Å²) in [6.07, 6.45) is 3.69. The van der Waals surface area contributed by atoms with E-state index in [9.17, 15) is 10.1 Å². The molecular weight excluding hydrogens is 324 g/mol. The summed E-state index contributed by atoms with van der Waals surface area (Å²) in [6, 6.07) is 9.46. The van der Waals surface area contributed by atoms with Crippen molar-refractivity contribution in [2.75, 3.05) is 18.0 Å². The van der Waals surface area contributed by atoms with Crippen molar-refractivity contribution in [2.24, 2.45) is 5.92 Å². The Morgan fingerprint density at radius 2 is 2.21 bits per heavy atom. The topological polar surface area (TPSA) is 61.9 Å². The van der Waals surface area contributed by atoms with Gasteiger partial charge in [-0.25, -0.2) is 4.98 Å². The van der Waals surface area contributed by atoms with Crippen LogP contribution in [0, 0.1) is 17.2 Å². The van der Waals surface area contributed by atoms with Gasteiger partial charge in [-0.1, -0.05) is 36.7 Å². The zero-order valence-corrected chi connectivity index (χ0v) is 14.3. The van der Waals surface area contributed by atoms with E-state index in [2.05, 4.69) is 22.9 Å². The second kappa shape index (κ2) is 7.06. The Balaban J connectivity index is 2.04. The van der Waals surface area contributed by atoms with E-state index in [0.717, 1.165) is 25.1 Å². The molecule has 1 aliphatic heterocycles. The summed E-state index contributed by atoms with van der Waals surface area (Å²) in [4.78, 5) is 19.2. The van der Waals surface area contributed by atoms with Gasteiger partial charge in [0.25, 0.3) is 5.56 Å². The largest absolute Gasteiger partial charge is 0.342 e. The maximum atomic E-state index is 12.6. The average molecular weight is 343 g/mol. The number of anilines is 1. The number of nitriles is 1. The van der Waals surface area contributed by atoms with Gasteiger partial charge in [0.15, 0.2) is 0 Å². The van der Waals surface area contributed by atoms with Crippen LogP contribution in [0.2, 0.25) is 5.02 Å². The third-order valence-electron chi connectivity index (χ3n) is 4.39. The Morgan fingerprint density at radius 3 is 2.96 bits per heavy atom. The fourth-order valence-electron chi connectivity index (χ4n) is 3.16. The number of aromatic nitrogens is 2. The molecule has 0 N–H and O–H groups in total. The Labute approximate surface area is 146 Å². The first-order valence-electron chi connectivity index (χ1n) is 8.08. The second-order valence-corrected chi connectivity index (χ2v) is 6.67. The van der Waals surface area contributed by atoms with Crippen LogP contribution in [-0.2, 0) is 6.54 Å². The Hall–Kier alpha value is -2.32. The molecule has 0 amide bonds. The van der Waals surface area contributed by atoms with Crippen molar-refractivity contribution in [1.82, 2.24) is 9.55 Å². The predicted molar refractivity (Wildman–Crippen MR) is 94.4 cm³/mol. The molecule has 1 fully saturated rings. The highest BCUT2D eigenvalue weighted by atomic mass is 35.5. The molecule has 24 heavy (non-hydrogen) atoms. The quantitative estimate of drug-likeness (QED) is 0.860. The first-order valence-corrected chi connectivity index (χ1v) is 8.46. The highest BCUT2D eigenvalue weighted by Crippen LogP contribution is 2.22. The van der Waals surface area contributed by atoms with Crippen LogP contribution >= 0.6 is 11.6 Å². The van der Waals surface area contributed by atoms with Crippen LogP contribution in [0.25, 0.3) is 0 Å². The minimum atomic E-state index is -0.271. The van der Waals surface area contributed by atoms with Gasteiger partial charge in [0.05, 0.1) is 24.4 Å². The number of piperidine rings is 1. The molecular formula is C18H19ClN4O. The summed E-state index contributed by atoms with van der Waals surface area (Å²) in [5, 5.41) is 9.38. The van der Waals surface area contributed by atoms with Gasteiger partial charge in [-0.3, -0.25) is 9.36 Å². The molecule has 1 saturated heterocycles. The minimum Gasteiger partial charge on any atom is -0.342 e. The van der Waals surface area contributed by atoms with E-state index in [1.807, 2.05) is 18.2 Å². The summed E-state index contributed by atoms with van der Waals surface area (Å²) in [6.45, 7) is 4.23. The van der Waals surface area contributed by atoms with E-state index in [1.54, 1.807) is 10.6 Å². The van der Waals surface area contributed by atoms with Gasteiger partial charge >= 0.3 is 0 Å². The number of hydrogen-bond acceptors (Lipinski definition) is 4. The third kappa shape index (κ3) is 3.29. The van der Waals surface area contributed by atoms with Gasteiger partial charge in [-0.2, -0.15) is 5.26 Å². The molecule has 1 unspecified atom stereocenters. The molecule has 5 nitrogen and oxygen atoms in total. The van der Waals surface area contributed by atoms with E-state index < -0.39 is 0 Å². The smallest absolute Gasteiger partial charge is 0.273 e. The lowest BCUT2D eigenvalue weighted by Gasteiger charge is -2.33. The SMILES string of the molecule is CC1CCCN(c2ncc(Cl)c(=O)n2Cc2ccccc2C#N)C1. The fraction of sp³-hybridized carbons (Fsp3) is 0.389. The zero-order chi connectivity index (χ0) is 17.1. The molecule has 0 saturated carbocycles. The van der Waals surface area contributed by atoms with Gasteiger partial charge < -0.3 is 4.90 Å². The van der Waals surface area contributed by atoms with Gasteiger partial charge in [-0.05, 0) is 30.4 Å². The molecule has 1 aromatic carbocycles. The van der Waals surface area contributed by atoms with E-state index in [-0.39, 0.29) is 17.1 Å². The Morgan fingerprint density at radius 1 is 1.42 bits per heavy atom. The van der Waals surface area contributed by atoms with Crippen LogP contribution in [0.1, 0.15) is 30.9 Å². The molecule has 2 aromatic rings. The van der Waals surface area contributed by atoms with Gasteiger partial charge in [0.2, 0.25) is 5.95 Å². The van der Waals surface area contributed by atoms with Gasteiger partial charge in [0, 0.05) is 13.1 Å². The van der Waals surface area contributed by atoms with Crippen LogP contribution < -0.4 is 10.5 Å². The minimum absolute atomic E-state index is 0.0956. The molecule has 124 valence electrons. The van der Waals surface area contributed by atoms with Crippen LogP contribution in [0.3, 0.4) is 0 Å². The molecule has 6 heteroatoms. The number of nitrogens with zero attached hydrogens (tertiary/aromatic N) is 4. The number of halogens is 1. The lowest BCUT2D eigenvalue weighted by Crippen LogP contribution is -2.39. The molecule has 3 rings (SSSR count). The highest BCUT2D eigenvalue weighted by Gasteiger charge is 2.22. The lowest BCUT2D eigenvalue weighted by atomic mass is 10.0. The first kappa shape index (κ1) is 16.5. The fourth-order valence-corrected chi connectivity index (χ4v) is 3.31. The van der Waals surface area contributed by atoms with Crippen molar-refractivity contribution in [3.8, 4) is 6.07 Å². The Bertz CT molecular complexity index is 840. The predicted octanol–water partition coefficient (Wildman–Crippen LogP) is 3.05. The van der Waals surface area contributed by atoms with Gasteiger partial charge in [-0.15, -0.1) is 0 Å². The van der Waals surface area contributed by atoms with Crippen LogP contribution in [0.4, 0.5) is 5.95 Å². The molecule has 1 aliphatic rings. The van der Waals surface area contributed by atoms with E-state index in [4.69, 9.17) is 11.6 Å². The molecule has 1 aromatic heterocycles. The lowest BCUT2D eigenvalue weighted by molar-refractivity contribution is 0.436. The average Bonchev–Trinajstić information content (AvgIpc) is 2.59. The van der Waals surface area contributed by atoms with Crippen molar-refractivity contribution >= 4 is 17.5 Å². The van der Waals surface area contributed by atoms with E-state index in [1.165, 1.54) is 12.6 Å². The van der Waals surface area contributed by atoms with Crippen molar-refractivity contribution < 1.29 is 0 Å². The number of hydrogen-bond donors (Lipinski definition) is 0. The molecule has 0 aliphatic carbocycles. The van der Waals surface area contributed by atoms with Crippen molar-refractivity contribution in [3.05, 3.63) is 57.0 Å². The Kier molecular flexibility index (Phi) is 4.86. The van der Waals surface area contributed by atoms with Crippen LogP contribution in [0.15, 0.2) is 35.3 Å². The summed E-state index contributed by atoms with van der Waals surface area (Å²) >= 11 is 6.01. The molecule has 0 spiro atoms. The van der Waals surface area contributed by atoms with Crippen LogP contribution in [-0.4, -0.2) is 22.6 Å². The zero-order valence-electron chi connectivity index (χ0n) is 13.6. The third-order valence-corrected chi connectivity index (χ3v) is 4.65. The van der Waals surface area contributed by atoms with E-state index >= 15 is 0 Å². The molecule has 1 atom stereocenters. The summed E-state index contributed by atoms with van der Waals surface area (Å²) < 4.78 is 1.58. The van der Waals surface area contributed by atoms with Crippen molar-refractivity contribution in [1.29, 1.82) is 5.26 Å². The monoisotopic (exact) mass is 342 g/mol. The maximum Gasteiger partial charge on any atom is 0.273 e. The highest BCUT2D eigenvalue weighted by molar-refractivity contribution is 6.30. The molecule has 2 heterocycles. The second-order valence-electron chi connectivity index (χ2n) is 6.26. The normalized spacial score (nSPS) is 17.5. The molecule has 0 bridgehead atoms. The number of rotatable bonds is 3. The van der Waals surface area contributed by atoms with Crippen LogP contribution in [0.5, 0.6) is 0 Å². The standard InChI is InChI=1S/C18H19ClN4O/c1-13-5-4-8-22(11-13)18-21-10-16(19)17(24)23(18)12-15-7-3-2-6-14(15)9-20/h2-3,6-7,10,13H,4-5,8,11-12H2,1H3. The summed E-state index contributed by atoms with van der Waals surface area (Å²) in [5.41, 5.74) is 1.08. The van der Waals surface area contributed by atoms with E-state index in [0.29, 0.717) is 17.4 Å². The summed E-state index contributed by atoms with van der Waals surface area (Å²) in [5.74, 6) is 1.19. The van der Waals surface area contributed by atoms with Crippen molar-refractivity contribution in [3.63, 3.8) is 0 Å². The first-order chi connectivity index (χ1) is 11.6.